The highest BCUT2D eigenvalue weighted by Gasteiger charge is 2.43. The molecule has 7 nitrogen and oxygen atoms in total. The van der Waals surface area contributed by atoms with Gasteiger partial charge in [0.15, 0.2) is 5.78 Å². The standard InChI is InChI=1S/C31H29Cl2N3O4/c1-6-26(37)19-9-12-27(40-5)22(13-19)25-15-23-29(35(25)17(2)3)28(18-7-10-20(32)11-8-18)36(30(23)38)21-14-24(33)31(39)34(4)16-21/h7-17,28H,6H2,1-5H3. The number of benzene rings is 2. The average Bonchev–Trinajstić information content (AvgIpc) is 3.46. The Bertz CT molecular complexity index is 1680. The van der Waals surface area contributed by atoms with Crippen molar-refractivity contribution in [3.8, 4) is 17.0 Å². The summed E-state index contributed by atoms with van der Waals surface area (Å²) in [7, 11) is 3.19. The van der Waals surface area contributed by atoms with E-state index in [9.17, 15) is 14.4 Å². The van der Waals surface area contributed by atoms with Crippen molar-refractivity contribution in [1.29, 1.82) is 0 Å². The maximum Gasteiger partial charge on any atom is 0.269 e. The lowest BCUT2D eigenvalue weighted by Crippen LogP contribution is -2.31. The Kier molecular flexibility index (Phi) is 7.38. The van der Waals surface area contributed by atoms with Crippen molar-refractivity contribution >= 4 is 40.6 Å². The first kappa shape index (κ1) is 27.7. The van der Waals surface area contributed by atoms with Crippen LogP contribution in [0.25, 0.3) is 11.3 Å². The Labute approximate surface area is 242 Å². The zero-order valence-corrected chi connectivity index (χ0v) is 24.4. The predicted octanol–water partition coefficient (Wildman–Crippen LogP) is 7.09. The summed E-state index contributed by atoms with van der Waals surface area (Å²) in [5.74, 6) is 0.389. The molecule has 0 N–H and O–H groups in total. The fourth-order valence-electron chi connectivity index (χ4n) is 5.41. The Morgan fingerprint density at radius 1 is 1.00 bits per heavy atom. The number of halogens is 2. The van der Waals surface area contributed by atoms with Crippen molar-refractivity contribution in [3.05, 3.63) is 104 Å². The molecular formula is C31H29Cl2N3O4. The van der Waals surface area contributed by atoms with Crippen molar-refractivity contribution < 1.29 is 14.3 Å². The molecule has 1 aliphatic rings. The number of carbonyl (C=O) groups is 2. The van der Waals surface area contributed by atoms with E-state index >= 15 is 0 Å². The van der Waals surface area contributed by atoms with Gasteiger partial charge in [-0.2, -0.15) is 0 Å². The number of Topliss-reactive ketones (excluding diaryl/α,β-unsaturated/α-hetero) is 1. The number of pyridine rings is 1. The zero-order valence-electron chi connectivity index (χ0n) is 22.9. The minimum absolute atomic E-state index is 0.0203. The molecule has 4 aromatic rings. The van der Waals surface area contributed by atoms with Crippen LogP contribution in [0.15, 0.2) is 65.6 Å². The van der Waals surface area contributed by atoms with E-state index in [1.165, 1.54) is 10.6 Å². The Hall–Kier alpha value is -3.81. The number of anilines is 1. The maximum atomic E-state index is 14.2. The van der Waals surface area contributed by atoms with Crippen LogP contribution in [0.2, 0.25) is 10.0 Å². The maximum absolute atomic E-state index is 14.2. The molecule has 2 aromatic heterocycles. The van der Waals surface area contributed by atoms with Gasteiger partial charge in [0, 0.05) is 41.9 Å². The van der Waals surface area contributed by atoms with Crippen molar-refractivity contribution in [3.63, 3.8) is 0 Å². The van der Waals surface area contributed by atoms with Gasteiger partial charge in [0.2, 0.25) is 0 Å². The second kappa shape index (κ2) is 10.6. The zero-order chi connectivity index (χ0) is 28.9. The molecule has 1 amide bonds. The van der Waals surface area contributed by atoms with Crippen LogP contribution < -0.4 is 15.2 Å². The highest BCUT2D eigenvalue weighted by molar-refractivity contribution is 6.31. The molecule has 206 valence electrons. The summed E-state index contributed by atoms with van der Waals surface area (Å²) < 4.78 is 9.19. The summed E-state index contributed by atoms with van der Waals surface area (Å²) in [5.41, 5.74) is 4.38. The molecule has 0 spiro atoms. The van der Waals surface area contributed by atoms with E-state index in [1.54, 1.807) is 49.5 Å². The van der Waals surface area contributed by atoms with E-state index < -0.39 is 6.04 Å². The molecule has 0 saturated heterocycles. The fourth-order valence-corrected chi connectivity index (χ4v) is 5.78. The molecule has 1 atom stereocenters. The number of methoxy groups -OCH3 is 1. The first-order valence-corrected chi connectivity index (χ1v) is 13.7. The van der Waals surface area contributed by atoms with Crippen LogP contribution in [0, 0.1) is 0 Å². The number of rotatable bonds is 7. The van der Waals surface area contributed by atoms with Crippen LogP contribution in [0.5, 0.6) is 5.75 Å². The predicted molar refractivity (Wildman–Crippen MR) is 158 cm³/mol. The molecule has 1 unspecified atom stereocenters. The molecular weight excluding hydrogens is 549 g/mol. The quantitative estimate of drug-likeness (QED) is 0.220. The number of aromatic nitrogens is 2. The first-order valence-electron chi connectivity index (χ1n) is 13.0. The van der Waals surface area contributed by atoms with Gasteiger partial charge in [-0.25, -0.2) is 0 Å². The van der Waals surface area contributed by atoms with E-state index in [0.29, 0.717) is 34.0 Å². The van der Waals surface area contributed by atoms with E-state index in [1.807, 2.05) is 45.0 Å². The normalized spacial score (nSPS) is 14.7. The number of hydrogen-bond acceptors (Lipinski definition) is 4. The Balaban J connectivity index is 1.80. The Morgan fingerprint density at radius 3 is 2.30 bits per heavy atom. The van der Waals surface area contributed by atoms with Gasteiger partial charge in [-0.05, 0) is 61.9 Å². The molecule has 3 heterocycles. The van der Waals surface area contributed by atoms with Gasteiger partial charge >= 0.3 is 0 Å². The SMILES string of the molecule is CCC(=O)c1ccc(OC)c(-c2cc3c(n2C(C)C)C(c2ccc(Cl)cc2)N(c2cc(Cl)c(=O)n(C)c2)C3=O)c1. The minimum atomic E-state index is -0.532. The number of aryl methyl sites for hydroxylation is 1. The van der Waals surface area contributed by atoms with Gasteiger partial charge in [-0.15, -0.1) is 0 Å². The number of nitrogens with zero attached hydrogens (tertiary/aromatic N) is 3. The van der Waals surface area contributed by atoms with Gasteiger partial charge in [0.1, 0.15) is 16.8 Å². The molecule has 0 bridgehead atoms. The van der Waals surface area contributed by atoms with Crippen molar-refractivity contribution in [1.82, 2.24) is 9.13 Å². The molecule has 9 heteroatoms. The van der Waals surface area contributed by atoms with E-state index in [4.69, 9.17) is 27.9 Å². The average molecular weight is 578 g/mol. The summed E-state index contributed by atoms with van der Waals surface area (Å²) >= 11 is 12.5. The van der Waals surface area contributed by atoms with E-state index in [2.05, 4.69) is 4.57 Å². The highest BCUT2D eigenvalue weighted by atomic mass is 35.5. The lowest BCUT2D eigenvalue weighted by molar-refractivity contribution is 0.0982. The molecule has 0 fully saturated rings. The number of carbonyl (C=O) groups excluding carboxylic acids is 2. The smallest absolute Gasteiger partial charge is 0.269 e. The van der Waals surface area contributed by atoms with Crippen LogP contribution in [-0.2, 0) is 7.05 Å². The largest absolute Gasteiger partial charge is 0.496 e. The van der Waals surface area contributed by atoms with Gasteiger partial charge in [-0.1, -0.05) is 42.3 Å². The van der Waals surface area contributed by atoms with Gasteiger partial charge in [0.05, 0.1) is 29.7 Å². The molecule has 0 radical (unpaired) electrons. The van der Waals surface area contributed by atoms with Gasteiger partial charge in [0.25, 0.3) is 11.5 Å². The molecule has 5 rings (SSSR count). The van der Waals surface area contributed by atoms with Crippen LogP contribution in [0.4, 0.5) is 5.69 Å². The second-order valence-corrected chi connectivity index (χ2v) is 10.9. The summed E-state index contributed by atoms with van der Waals surface area (Å²) in [6.45, 7) is 5.92. The number of amides is 1. The van der Waals surface area contributed by atoms with Gasteiger partial charge < -0.3 is 13.9 Å². The van der Waals surface area contributed by atoms with Crippen molar-refractivity contribution in [2.24, 2.45) is 7.05 Å². The molecule has 0 aliphatic carbocycles. The molecule has 0 saturated carbocycles. The van der Waals surface area contributed by atoms with Crippen LogP contribution in [-0.4, -0.2) is 27.9 Å². The third kappa shape index (κ3) is 4.53. The van der Waals surface area contributed by atoms with Crippen LogP contribution in [0.1, 0.15) is 71.2 Å². The Morgan fingerprint density at radius 2 is 1.70 bits per heavy atom. The minimum Gasteiger partial charge on any atom is -0.496 e. The summed E-state index contributed by atoms with van der Waals surface area (Å²) in [6.07, 6.45) is 1.99. The fraction of sp³-hybridized carbons (Fsp3) is 0.258. The van der Waals surface area contributed by atoms with E-state index in [-0.39, 0.29) is 28.3 Å². The number of ether oxygens (including phenoxy) is 1. The molecule has 40 heavy (non-hydrogen) atoms. The number of hydrogen-bond donors (Lipinski definition) is 0. The number of ketones is 1. The lowest BCUT2D eigenvalue weighted by atomic mass is 10.0. The highest BCUT2D eigenvalue weighted by Crippen LogP contribution is 2.47. The summed E-state index contributed by atoms with van der Waals surface area (Å²) in [6, 6.07) is 15.6. The monoisotopic (exact) mass is 577 g/mol. The molecule has 2 aromatic carbocycles. The lowest BCUT2D eigenvalue weighted by Gasteiger charge is -2.29. The van der Waals surface area contributed by atoms with Crippen LogP contribution in [0.3, 0.4) is 0 Å². The number of fused-ring (bicyclic) bond motifs is 1. The van der Waals surface area contributed by atoms with Gasteiger partial charge in [-0.3, -0.25) is 19.3 Å². The topological polar surface area (TPSA) is 73.5 Å². The van der Waals surface area contributed by atoms with E-state index in [0.717, 1.165) is 22.5 Å². The van der Waals surface area contributed by atoms with Crippen molar-refractivity contribution in [2.45, 2.75) is 39.3 Å². The third-order valence-corrected chi connectivity index (χ3v) is 7.79. The third-order valence-electron chi connectivity index (χ3n) is 7.27. The molecule has 1 aliphatic heterocycles. The van der Waals surface area contributed by atoms with Crippen LogP contribution >= 0.6 is 23.2 Å². The van der Waals surface area contributed by atoms with Crippen molar-refractivity contribution in [2.75, 3.05) is 12.0 Å². The summed E-state index contributed by atoms with van der Waals surface area (Å²) in [4.78, 5) is 40.8. The summed E-state index contributed by atoms with van der Waals surface area (Å²) in [5, 5.41) is 0.598. The second-order valence-electron chi connectivity index (χ2n) is 10.1. The first-order chi connectivity index (χ1) is 19.1.